The van der Waals surface area contributed by atoms with Crippen LogP contribution >= 0.6 is 0 Å². The smallest absolute Gasteiger partial charge is 0.276 e. The third-order valence-electron chi connectivity index (χ3n) is 4.90. The van der Waals surface area contributed by atoms with Crippen LogP contribution in [0.1, 0.15) is 53.4 Å². The molecule has 2 fully saturated rings. The lowest BCUT2D eigenvalue weighted by Gasteiger charge is -2.32. The van der Waals surface area contributed by atoms with Gasteiger partial charge in [0.25, 0.3) is 5.91 Å². The number of nitrogens with zero attached hydrogens (tertiary/aromatic N) is 2. The van der Waals surface area contributed by atoms with Gasteiger partial charge in [-0.1, -0.05) is 35.5 Å². The van der Waals surface area contributed by atoms with Gasteiger partial charge in [-0.05, 0) is 43.6 Å². The SMILES string of the molecule is O=C(c1cc(C2CC2)on1)N1CCC[C@H](Cc2ccccc2)C1. The standard InChI is InChI=1S/C19H22N2O2/c22-19(17-12-18(23-20-17)16-8-9-16)21-10-4-7-15(13-21)11-14-5-2-1-3-6-14/h1-3,5-6,12,15-16H,4,7-11,13H2/t15-/m1/s1. The van der Waals surface area contributed by atoms with Gasteiger partial charge in [0, 0.05) is 25.1 Å². The molecule has 0 unspecified atom stereocenters. The number of amides is 1. The lowest BCUT2D eigenvalue weighted by molar-refractivity contribution is 0.0663. The molecule has 0 radical (unpaired) electrons. The molecular formula is C19H22N2O2. The van der Waals surface area contributed by atoms with E-state index >= 15 is 0 Å². The van der Waals surface area contributed by atoms with Gasteiger partial charge in [0.1, 0.15) is 5.76 Å². The topological polar surface area (TPSA) is 46.3 Å². The van der Waals surface area contributed by atoms with E-state index in [-0.39, 0.29) is 5.91 Å². The van der Waals surface area contributed by atoms with Crippen LogP contribution in [0.3, 0.4) is 0 Å². The van der Waals surface area contributed by atoms with E-state index in [4.69, 9.17) is 4.52 Å². The summed E-state index contributed by atoms with van der Waals surface area (Å²) >= 11 is 0. The van der Waals surface area contributed by atoms with Crippen molar-refractivity contribution in [3.8, 4) is 0 Å². The van der Waals surface area contributed by atoms with Gasteiger partial charge >= 0.3 is 0 Å². The van der Waals surface area contributed by atoms with Crippen LogP contribution in [0.2, 0.25) is 0 Å². The number of likely N-dealkylation sites (tertiary alicyclic amines) is 1. The van der Waals surface area contributed by atoms with E-state index in [1.807, 2.05) is 17.0 Å². The van der Waals surface area contributed by atoms with Gasteiger partial charge in [-0.25, -0.2) is 0 Å². The average molecular weight is 310 g/mol. The Hall–Kier alpha value is -2.10. The summed E-state index contributed by atoms with van der Waals surface area (Å²) in [6.45, 7) is 1.65. The molecule has 4 heteroatoms. The Morgan fingerprint density at radius 3 is 2.83 bits per heavy atom. The Morgan fingerprint density at radius 2 is 2.04 bits per heavy atom. The van der Waals surface area contributed by atoms with E-state index in [9.17, 15) is 4.79 Å². The monoisotopic (exact) mass is 310 g/mol. The summed E-state index contributed by atoms with van der Waals surface area (Å²) in [4.78, 5) is 14.6. The van der Waals surface area contributed by atoms with Gasteiger partial charge < -0.3 is 9.42 Å². The molecule has 23 heavy (non-hydrogen) atoms. The molecule has 4 nitrogen and oxygen atoms in total. The van der Waals surface area contributed by atoms with Gasteiger partial charge in [0.15, 0.2) is 5.69 Å². The molecule has 1 aliphatic carbocycles. The normalized spacial score (nSPS) is 21.4. The quantitative estimate of drug-likeness (QED) is 0.866. The maximum atomic E-state index is 12.7. The molecule has 1 saturated heterocycles. The van der Waals surface area contributed by atoms with Gasteiger partial charge in [0.2, 0.25) is 0 Å². The first-order valence-electron chi connectivity index (χ1n) is 8.59. The number of hydrogen-bond donors (Lipinski definition) is 0. The van der Waals surface area contributed by atoms with Crippen molar-refractivity contribution in [2.45, 2.75) is 38.0 Å². The minimum absolute atomic E-state index is 0.0263. The van der Waals surface area contributed by atoms with Crippen LogP contribution in [0.4, 0.5) is 0 Å². The zero-order valence-corrected chi connectivity index (χ0v) is 13.3. The van der Waals surface area contributed by atoms with Crippen molar-refractivity contribution in [1.29, 1.82) is 0 Å². The highest BCUT2D eigenvalue weighted by Crippen LogP contribution is 2.40. The summed E-state index contributed by atoms with van der Waals surface area (Å²) in [6, 6.07) is 12.4. The van der Waals surface area contributed by atoms with Gasteiger partial charge in [0.05, 0.1) is 0 Å². The number of carbonyl (C=O) groups is 1. The zero-order valence-electron chi connectivity index (χ0n) is 13.3. The van der Waals surface area contributed by atoms with Crippen LogP contribution in [0.15, 0.2) is 40.9 Å². The van der Waals surface area contributed by atoms with Crippen molar-refractivity contribution in [3.63, 3.8) is 0 Å². The Kier molecular flexibility index (Phi) is 3.90. The predicted octanol–water partition coefficient (Wildman–Crippen LogP) is 3.65. The minimum Gasteiger partial charge on any atom is -0.360 e. The fraction of sp³-hybridized carbons (Fsp3) is 0.474. The van der Waals surface area contributed by atoms with E-state index in [0.29, 0.717) is 17.5 Å². The van der Waals surface area contributed by atoms with Crippen molar-refractivity contribution in [1.82, 2.24) is 10.1 Å². The Balaban J connectivity index is 1.40. The summed E-state index contributed by atoms with van der Waals surface area (Å²) in [5.41, 5.74) is 1.83. The molecule has 2 aliphatic rings. The van der Waals surface area contributed by atoms with Gasteiger partial charge in [-0.15, -0.1) is 0 Å². The molecule has 0 bridgehead atoms. The summed E-state index contributed by atoms with van der Waals surface area (Å²) in [7, 11) is 0. The maximum absolute atomic E-state index is 12.7. The highest BCUT2D eigenvalue weighted by atomic mass is 16.5. The first kappa shape index (κ1) is 14.5. The molecule has 2 aromatic rings. The molecule has 120 valence electrons. The van der Waals surface area contributed by atoms with Crippen molar-refractivity contribution < 1.29 is 9.32 Å². The predicted molar refractivity (Wildman–Crippen MR) is 87.3 cm³/mol. The third kappa shape index (κ3) is 3.31. The summed E-state index contributed by atoms with van der Waals surface area (Å²) in [6.07, 6.45) is 5.61. The lowest BCUT2D eigenvalue weighted by Crippen LogP contribution is -2.40. The minimum atomic E-state index is 0.0263. The van der Waals surface area contributed by atoms with E-state index in [2.05, 4.69) is 29.4 Å². The number of benzene rings is 1. The van der Waals surface area contributed by atoms with Crippen molar-refractivity contribution >= 4 is 5.91 Å². The Morgan fingerprint density at radius 1 is 1.22 bits per heavy atom. The first-order valence-corrected chi connectivity index (χ1v) is 8.59. The summed E-state index contributed by atoms with van der Waals surface area (Å²) in [5, 5.41) is 4.00. The van der Waals surface area contributed by atoms with Crippen LogP contribution < -0.4 is 0 Å². The highest BCUT2D eigenvalue weighted by molar-refractivity contribution is 5.92. The largest absolute Gasteiger partial charge is 0.360 e. The third-order valence-corrected chi connectivity index (χ3v) is 4.90. The second-order valence-electron chi connectivity index (χ2n) is 6.84. The highest BCUT2D eigenvalue weighted by Gasteiger charge is 2.31. The zero-order chi connectivity index (χ0) is 15.6. The van der Waals surface area contributed by atoms with E-state index in [1.54, 1.807) is 0 Å². The number of hydrogen-bond acceptors (Lipinski definition) is 3. The molecule has 1 saturated carbocycles. The van der Waals surface area contributed by atoms with Crippen LogP contribution in [-0.4, -0.2) is 29.1 Å². The molecule has 2 heterocycles. The molecule has 0 N–H and O–H groups in total. The Labute approximate surface area is 136 Å². The average Bonchev–Trinajstić information content (AvgIpc) is 3.33. The van der Waals surface area contributed by atoms with Crippen LogP contribution in [0.5, 0.6) is 0 Å². The first-order chi connectivity index (χ1) is 11.3. The van der Waals surface area contributed by atoms with E-state index in [0.717, 1.165) is 44.5 Å². The molecule has 4 rings (SSSR count). The fourth-order valence-electron chi connectivity index (χ4n) is 3.48. The van der Waals surface area contributed by atoms with Gasteiger partial charge in [-0.3, -0.25) is 4.79 Å². The molecule has 1 atom stereocenters. The van der Waals surface area contributed by atoms with Gasteiger partial charge in [-0.2, -0.15) is 0 Å². The molecule has 1 aromatic heterocycles. The van der Waals surface area contributed by atoms with E-state index < -0.39 is 0 Å². The van der Waals surface area contributed by atoms with Crippen LogP contribution in [-0.2, 0) is 6.42 Å². The molecule has 1 aliphatic heterocycles. The molecular weight excluding hydrogens is 288 g/mol. The lowest BCUT2D eigenvalue weighted by atomic mass is 9.91. The number of aromatic nitrogens is 1. The second kappa shape index (κ2) is 6.19. The van der Waals surface area contributed by atoms with Crippen molar-refractivity contribution in [2.75, 3.05) is 13.1 Å². The Bertz CT molecular complexity index is 676. The molecule has 1 amide bonds. The number of rotatable bonds is 4. The molecule has 1 aromatic carbocycles. The number of carbonyl (C=O) groups excluding carboxylic acids is 1. The van der Waals surface area contributed by atoms with Crippen molar-refractivity contribution in [3.05, 3.63) is 53.4 Å². The molecule has 0 spiro atoms. The number of piperidine rings is 1. The summed E-state index contributed by atoms with van der Waals surface area (Å²) in [5.74, 6) is 1.94. The summed E-state index contributed by atoms with van der Waals surface area (Å²) < 4.78 is 5.33. The fourth-order valence-corrected chi connectivity index (χ4v) is 3.48. The maximum Gasteiger partial charge on any atom is 0.276 e. The second-order valence-corrected chi connectivity index (χ2v) is 6.84. The van der Waals surface area contributed by atoms with Crippen LogP contribution in [0.25, 0.3) is 0 Å². The van der Waals surface area contributed by atoms with Crippen LogP contribution in [0, 0.1) is 5.92 Å². The van der Waals surface area contributed by atoms with Crippen molar-refractivity contribution in [2.24, 2.45) is 5.92 Å². The van der Waals surface area contributed by atoms with E-state index in [1.165, 1.54) is 12.0 Å².